The Morgan fingerprint density at radius 2 is 2.17 bits per heavy atom. The molecular weight excluding hydrogens is 246 g/mol. The fourth-order valence-electron chi connectivity index (χ4n) is 2.96. The average molecular weight is 264 g/mol. The Kier molecular flexibility index (Phi) is 3.41. The van der Waals surface area contributed by atoms with Gasteiger partial charge in [-0.1, -0.05) is 18.9 Å². The topological polar surface area (TPSA) is 20.5 Å². The maximum Gasteiger partial charge on any atom is 0.138 e. The smallest absolute Gasteiger partial charge is 0.138 e. The third-order valence-corrected chi connectivity index (χ3v) is 3.96. The summed E-state index contributed by atoms with van der Waals surface area (Å²) >= 11 is 5.98. The summed E-state index contributed by atoms with van der Waals surface area (Å²) in [7, 11) is 0. The molecule has 0 aliphatic heterocycles. The Hall–Kier alpha value is -1.22. The molecule has 0 N–H and O–H groups in total. The van der Waals surface area contributed by atoms with Crippen LogP contribution in [0.25, 0.3) is 5.65 Å². The van der Waals surface area contributed by atoms with Crippen molar-refractivity contribution < 1.29 is 0 Å². The second-order valence-corrected chi connectivity index (χ2v) is 5.24. The minimum Gasteiger partial charge on any atom is -0.354 e. The van der Waals surface area contributed by atoms with Gasteiger partial charge in [0.15, 0.2) is 0 Å². The van der Waals surface area contributed by atoms with Gasteiger partial charge in [-0.3, -0.25) is 4.40 Å². The number of hydrogen-bond acceptors (Lipinski definition) is 2. The van der Waals surface area contributed by atoms with Crippen LogP contribution in [0, 0.1) is 0 Å². The van der Waals surface area contributed by atoms with Gasteiger partial charge in [0.05, 0.1) is 0 Å². The van der Waals surface area contributed by atoms with E-state index in [1.807, 2.05) is 18.5 Å². The number of nitrogens with zero attached hydrogens (tertiary/aromatic N) is 3. The van der Waals surface area contributed by atoms with Crippen molar-refractivity contribution >= 4 is 23.1 Å². The predicted molar refractivity (Wildman–Crippen MR) is 75.5 cm³/mol. The van der Waals surface area contributed by atoms with Crippen LogP contribution in [0.5, 0.6) is 0 Å². The molecule has 96 valence electrons. The molecule has 0 aromatic carbocycles. The molecule has 2 aromatic heterocycles. The lowest BCUT2D eigenvalue weighted by Gasteiger charge is -2.31. The van der Waals surface area contributed by atoms with Gasteiger partial charge >= 0.3 is 0 Å². The molecule has 4 heteroatoms. The molecule has 1 saturated carbocycles. The summed E-state index contributed by atoms with van der Waals surface area (Å²) in [5, 5.41) is 0. The number of halogens is 1. The Morgan fingerprint density at radius 3 is 2.94 bits per heavy atom. The van der Waals surface area contributed by atoms with Crippen molar-refractivity contribution in [2.24, 2.45) is 0 Å². The molecule has 1 aliphatic carbocycles. The molecule has 1 aliphatic rings. The van der Waals surface area contributed by atoms with Gasteiger partial charge in [0, 0.05) is 30.9 Å². The number of aromatic nitrogens is 2. The molecule has 0 saturated heterocycles. The van der Waals surface area contributed by atoms with Crippen LogP contribution >= 0.6 is 11.6 Å². The van der Waals surface area contributed by atoms with Gasteiger partial charge in [-0.15, -0.1) is 11.6 Å². The molecule has 2 heterocycles. The number of alkyl halides is 1. The molecule has 0 unspecified atom stereocenters. The summed E-state index contributed by atoms with van der Waals surface area (Å²) in [6.07, 6.45) is 9.11. The van der Waals surface area contributed by atoms with E-state index in [1.165, 1.54) is 31.5 Å². The number of imidazole rings is 1. The second kappa shape index (κ2) is 5.19. The van der Waals surface area contributed by atoms with Crippen molar-refractivity contribution in [2.75, 3.05) is 17.3 Å². The van der Waals surface area contributed by atoms with Gasteiger partial charge in [0.2, 0.25) is 0 Å². The highest BCUT2D eigenvalue weighted by atomic mass is 35.5. The number of hydrogen-bond donors (Lipinski definition) is 0. The van der Waals surface area contributed by atoms with E-state index < -0.39 is 0 Å². The van der Waals surface area contributed by atoms with E-state index in [1.54, 1.807) is 0 Å². The Bertz CT molecular complexity index is 516. The van der Waals surface area contributed by atoms with E-state index in [0.29, 0.717) is 11.9 Å². The number of pyridine rings is 1. The van der Waals surface area contributed by atoms with Crippen molar-refractivity contribution in [3.8, 4) is 0 Å². The SMILES string of the molecule is ClCCN(c1cccc2nccn12)C1CCCC1. The molecule has 2 aromatic rings. The van der Waals surface area contributed by atoms with Crippen LogP contribution in [-0.2, 0) is 0 Å². The minimum atomic E-state index is 0.636. The molecule has 3 rings (SSSR count). The van der Waals surface area contributed by atoms with Crippen LogP contribution in [0.1, 0.15) is 25.7 Å². The number of fused-ring (bicyclic) bond motifs is 1. The first-order chi connectivity index (χ1) is 8.90. The van der Waals surface area contributed by atoms with E-state index in [-0.39, 0.29) is 0 Å². The first-order valence-electron chi connectivity index (χ1n) is 6.65. The lowest BCUT2D eigenvalue weighted by atomic mass is 10.2. The Morgan fingerprint density at radius 1 is 1.33 bits per heavy atom. The summed E-state index contributed by atoms with van der Waals surface area (Å²) < 4.78 is 2.16. The number of anilines is 1. The lowest BCUT2D eigenvalue weighted by Crippen LogP contribution is -2.36. The summed E-state index contributed by atoms with van der Waals surface area (Å²) in [6.45, 7) is 0.906. The monoisotopic (exact) mass is 263 g/mol. The van der Waals surface area contributed by atoms with Gasteiger partial charge in [-0.05, 0) is 25.0 Å². The maximum absolute atomic E-state index is 5.98. The largest absolute Gasteiger partial charge is 0.354 e. The van der Waals surface area contributed by atoms with E-state index >= 15 is 0 Å². The molecule has 0 radical (unpaired) electrons. The normalized spacial score (nSPS) is 16.5. The first-order valence-corrected chi connectivity index (χ1v) is 7.18. The highest BCUT2D eigenvalue weighted by Gasteiger charge is 2.23. The van der Waals surface area contributed by atoms with E-state index in [9.17, 15) is 0 Å². The zero-order chi connectivity index (χ0) is 12.4. The van der Waals surface area contributed by atoms with Crippen molar-refractivity contribution in [1.82, 2.24) is 9.38 Å². The fraction of sp³-hybridized carbons (Fsp3) is 0.500. The van der Waals surface area contributed by atoms with Crippen molar-refractivity contribution in [1.29, 1.82) is 0 Å². The zero-order valence-electron chi connectivity index (χ0n) is 10.4. The summed E-state index contributed by atoms with van der Waals surface area (Å²) in [5.41, 5.74) is 1.00. The lowest BCUT2D eigenvalue weighted by molar-refractivity contribution is 0.612. The molecule has 0 bridgehead atoms. The Labute approximate surface area is 112 Å². The second-order valence-electron chi connectivity index (χ2n) is 4.86. The quantitative estimate of drug-likeness (QED) is 0.789. The van der Waals surface area contributed by atoms with Gasteiger partial charge in [0.25, 0.3) is 0 Å². The summed E-state index contributed by atoms with van der Waals surface area (Å²) in [6, 6.07) is 6.92. The maximum atomic E-state index is 5.98. The van der Waals surface area contributed by atoms with E-state index in [4.69, 9.17) is 11.6 Å². The van der Waals surface area contributed by atoms with Gasteiger partial charge in [-0.25, -0.2) is 4.98 Å². The van der Waals surface area contributed by atoms with Gasteiger partial charge in [0.1, 0.15) is 11.5 Å². The van der Waals surface area contributed by atoms with Crippen molar-refractivity contribution in [3.05, 3.63) is 30.6 Å². The summed E-state index contributed by atoms with van der Waals surface area (Å²) in [5.74, 6) is 1.89. The number of rotatable bonds is 4. The molecule has 0 atom stereocenters. The van der Waals surface area contributed by atoms with Crippen LogP contribution in [0.15, 0.2) is 30.6 Å². The third kappa shape index (κ3) is 2.07. The molecule has 1 fully saturated rings. The van der Waals surface area contributed by atoms with Gasteiger partial charge < -0.3 is 4.90 Å². The fourth-order valence-corrected chi connectivity index (χ4v) is 3.14. The predicted octanol–water partition coefficient (Wildman–Crippen LogP) is 3.32. The van der Waals surface area contributed by atoms with Crippen molar-refractivity contribution in [3.63, 3.8) is 0 Å². The molecular formula is C14H18ClN3. The third-order valence-electron chi connectivity index (χ3n) is 3.79. The molecule has 0 amide bonds. The van der Waals surface area contributed by atoms with Crippen LogP contribution in [0.2, 0.25) is 0 Å². The highest BCUT2D eigenvalue weighted by Crippen LogP contribution is 2.28. The molecule has 0 spiro atoms. The van der Waals surface area contributed by atoms with Crippen LogP contribution in [0.3, 0.4) is 0 Å². The van der Waals surface area contributed by atoms with Crippen LogP contribution in [-0.4, -0.2) is 27.9 Å². The van der Waals surface area contributed by atoms with E-state index in [0.717, 1.165) is 12.2 Å². The van der Waals surface area contributed by atoms with Crippen LogP contribution in [0.4, 0.5) is 5.82 Å². The Balaban J connectivity index is 2.00. The molecule has 3 nitrogen and oxygen atoms in total. The van der Waals surface area contributed by atoms with Crippen LogP contribution < -0.4 is 4.90 Å². The highest BCUT2D eigenvalue weighted by molar-refractivity contribution is 6.18. The zero-order valence-corrected chi connectivity index (χ0v) is 11.2. The first kappa shape index (κ1) is 11.8. The molecule has 18 heavy (non-hydrogen) atoms. The average Bonchev–Trinajstić information content (AvgIpc) is 3.06. The minimum absolute atomic E-state index is 0.636. The van der Waals surface area contributed by atoms with E-state index in [2.05, 4.69) is 26.4 Å². The van der Waals surface area contributed by atoms with Crippen molar-refractivity contribution in [2.45, 2.75) is 31.7 Å². The summed E-state index contributed by atoms with van der Waals surface area (Å²) in [4.78, 5) is 6.80. The standard InChI is InChI=1S/C14H18ClN3/c15-8-10-17(12-4-1-2-5-12)14-7-3-6-13-16-9-11-18(13)14/h3,6-7,9,11-12H,1-2,4-5,8,10H2. The van der Waals surface area contributed by atoms with Gasteiger partial charge in [-0.2, -0.15) is 0 Å².